The van der Waals surface area contributed by atoms with Crippen molar-refractivity contribution in [3.8, 4) is 0 Å². The van der Waals surface area contributed by atoms with Crippen molar-refractivity contribution in [2.75, 3.05) is 0 Å². The fraction of sp³-hybridized carbons (Fsp3) is 0.0741. The van der Waals surface area contributed by atoms with Crippen LogP contribution in [0.2, 0.25) is 0 Å². The Morgan fingerprint density at radius 3 is 1.30 bits per heavy atom. The Hall–Kier alpha value is -3.22. The predicted molar refractivity (Wildman–Crippen MR) is 128 cm³/mol. The van der Waals surface area contributed by atoms with Crippen molar-refractivity contribution in [2.45, 2.75) is 12.6 Å². The van der Waals surface area contributed by atoms with E-state index in [0.717, 1.165) is 11.7 Å². The van der Waals surface area contributed by atoms with Gasteiger partial charge in [-0.15, -0.1) is 0 Å². The number of hydrogen-bond acceptors (Lipinski definition) is 1. The second-order valence-corrected chi connectivity index (χ2v) is 11.5. The van der Waals surface area contributed by atoms with Crippen molar-refractivity contribution in [1.29, 1.82) is 0 Å². The average molecular weight is 412 g/mol. The van der Waals surface area contributed by atoms with Gasteiger partial charge in [-0.3, -0.25) is 0 Å². The third-order valence-corrected chi connectivity index (χ3v) is 10.5. The molecule has 0 atom stereocenters. The zero-order valence-corrected chi connectivity index (χ0v) is 17.7. The number of aliphatic carboxylic acids is 1. The molecule has 4 aromatic rings. The quantitative estimate of drug-likeness (QED) is 0.453. The van der Waals surface area contributed by atoms with Crippen LogP contribution in [0.3, 0.4) is 0 Å². The monoisotopic (exact) mass is 412 g/mol. The van der Waals surface area contributed by atoms with Gasteiger partial charge < -0.3 is 0 Å². The fourth-order valence-electron chi connectivity index (χ4n) is 4.23. The van der Waals surface area contributed by atoms with Crippen LogP contribution in [0.5, 0.6) is 0 Å². The Bertz CT molecular complexity index is 995. The molecule has 0 aromatic heterocycles. The maximum absolute atomic E-state index is 11.0. The summed E-state index contributed by atoms with van der Waals surface area (Å²) < 4.78 is 0. The minimum absolute atomic E-state index is 0.0545. The Kier molecular flexibility index (Phi) is 6.07. The number of hydrogen-bond donors (Lipinski definition) is 1. The van der Waals surface area contributed by atoms with Gasteiger partial charge in [-0.1, -0.05) is 0 Å². The Labute approximate surface area is 178 Å². The topological polar surface area (TPSA) is 37.3 Å². The molecule has 0 saturated heterocycles. The van der Waals surface area contributed by atoms with Crippen LogP contribution in [0, 0.1) is 0 Å². The maximum atomic E-state index is 11.0. The summed E-state index contributed by atoms with van der Waals surface area (Å²) in [4.78, 5) is 11.0. The van der Waals surface area contributed by atoms with Crippen LogP contribution in [0.1, 0.15) is 11.1 Å². The SMILES string of the molecule is O=C(O)Cc1ccc(C[PH](c2ccccc2)(c2ccccc2)c2ccccc2)cc1. The van der Waals surface area contributed by atoms with E-state index in [1.165, 1.54) is 21.5 Å². The normalized spacial score (nSPS) is 11.7. The molecular formula is C27H25O2P. The predicted octanol–water partition coefficient (Wildman–Crippen LogP) is 4.54. The van der Waals surface area contributed by atoms with E-state index in [0.29, 0.717) is 0 Å². The van der Waals surface area contributed by atoms with E-state index in [1.54, 1.807) is 0 Å². The van der Waals surface area contributed by atoms with Crippen molar-refractivity contribution in [3.05, 3.63) is 126 Å². The molecule has 0 spiro atoms. The second-order valence-electron chi connectivity index (χ2n) is 7.57. The van der Waals surface area contributed by atoms with Crippen LogP contribution in [0.15, 0.2) is 115 Å². The first-order valence-corrected chi connectivity index (χ1v) is 12.4. The molecule has 1 N–H and O–H groups in total. The first-order chi connectivity index (χ1) is 14.7. The van der Waals surface area contributed by atoms with E-state index in [2.05, 4.69) is 103 Å². The van der Waals surface area contributed by atoms with E-state index in [1.807, 2.05) is 12.1 Å². The third kappa shape index (κ3) is 4.20. The van der Waals surface area contributed by atoms with Gasteiger partial charge in [-0.25, -0.2) is 0 Å². The van der Waals surface area contributed by atoms with E-state index in [4.69, 9.17) is 5.11 Å². The minimum atomic E-state index is -2.33. The molecule has 0 bridgehead atoms. The Morgan fingerprint density at radius 2 is 0.933 bits per heavy atom. The number of benzene rings is 4. The number of carboxylic acids is 1. The van der Waals surface area contributed by atoms with Gasteiger partial charge in [0.05, 0.1) is 0 Å². The molecule has 150 valence electrons. The molecule has 0 heterocycles. The first-order valence-electron chi connectivity index (χ1n) is 10.1. The molecule has 0 amide bonds. The van der Waals surface area contributed by atoms with E-state index in [9.17, 15) is 4.79 Å². The van der Waals surface area contributed by atoms with Gasteiger partial charge >= 0.3 is 178 Å². The molecule has 2 nitrogen and oxygen atoms in total. The average Bonchev–Trinajstić information content (AvgIpc) is 2.80. The summed E-state index contributed by atoms with van der Waals surface area (Å²) in [7, 11) is -2.33. The fourth-order valence-corrected chi connectivity index (χ4v) is 8.97. The molecule has 4 aromatic carbocycles. The summed E-state index contributed by atoms with van der Waals surface area (Å²) in [5.41, 5.74) is 2.06. The summed E-state index contributed by atoms with van der Waals surface area (Å²) in [6.45, 7) is 0. The third-order valence-electron chi connectivity index (χ3n) is 5.65. The van der Waals surface area contributed by atoms with Crippen LogP contribution in [0.25, 0.3) is 0 Å². The van der Waals surface area contributed by atoms with E-state index in [-0.39, 0.29) is 6.42 Å². The van der Waals surface area contributed by atoms with Crippen LogP contribution < -0.4 is 15.9 Å². The molecule has 0 aliphatic carbocycles. The summed E-state index contributed by atoms with van der Waals surface area (Å²) in [6.07, 6.45) is 0.970. The summed E-state index contributed by atoms with van der Waals surface area (Å²) >= 11 is 0. The molecule has 0 aliphatic rings. The first kappa shape index (κ1) is 20.1. The Balaban J connectivity index is 1.88. The van der Waals surface area contributed by atoms with Gasteiger partial charge in [0.2, 0.25) is 0 Å². The van der Waals surface area contributed by atoms with Gasteiger partial charge in [0.1, 0.15) is 0 Å². The van der Waals surface area contributed by atoms with Crippen molar-refractivity contribution >= 4 is 29.1 Å². The van der Waals surface area contributed by atoms with Gasteiger partial charge in [-0.2, -0.15) is 0 Å². The summed E-state index contributed by atoms with van der Waals surface area (Å²) in [6, 6.07) is 40.6. The van der Waals surface area contributed by atoms with Crippen LogP contribution in [-0.2, 0) is 17.4 Å². The summed E-state index contributed by atoms with van der Waals surface area (Å²) in [5.74, 6) is -0.802. The van der Waals surface area contributed by atoms with Gasteiger partial charge in [0.15, 0.2) is 0 Å². The second kappa shape index (κ2) is 9.07. The van der Waals surface area contributed by atoms with Crippen molar-refractivity contribution in [1.82, 2.24) is 0 Å². The van der Waals surface area contributed by atoms with Crippen molar-refractivity contribution in [2.24, 2.45) is 0 Å². The van der Waals surface area contributed by atoms with Crippen LogP contribution in [-0.4, -0.2) is 11.1 Å². The van der Waals surface area contributed by atoms with Gasteiger partial charge in [0, 0.05) is 0 Å². The molecule has 3 heteroatoms. The zero-order valence-electron chi connectivity index (χ0n) is 16.7. The van der Waals surface area contributed by atoms with Crippen LogP contribution >= 0.6 is 7.26 Å². The Morgan fingerprint density at radius 1 is 0.567 bits per heavy atom. The van der Waals surface area contributed by atoms with Gasteiger partial charge in [-0.05, 0) is 0 Å². The molecule has 0 saturated carbocycles. The van der Waals surface area contributed by atoms with Crippen molar-refractivity contribution in [3.63, 3.8) is 0 Å². The molecule has 0 radical (unpaired) electrons. The number of carboxylic acid groups (broad SMARTS) is 1. The van der Waals surface area contributed by atoms with Crippen LogP contribution in [0.4, 0.5) is 0 Å². The molecule has 0 unspecified atom stereocenters. The zero-order chi connectivity index (χ0) is 20.8. The molecule has 30 heavy (non-hydrogen) atoms. The van der Waals surface area contributed by atoms with Gasteiger partial charge in [0.25, 0.3) is 0 Å². The van der Waals surface area contributed by atoms with Crippen molar-refractivity contribution < 1.29 is 9.90 Å². The standard InChI is InChI=1S/C27H25O2P/c28-27(29)20-22-16-18-23(19-17-22)21-30(24-10-4-1-5-11-24,25-12-6-2-7-13-25)26-14-8-3-9-15-26/h1-19,30H,20-21H2,(H,28,29). The number of rotatable bonds is 7. The number of carbonyl (C=O) groups is 1. The molecule has 0 fully saturated rings. The summed E-state index contributed by atoms with van der Waals surface area (Å²) in [5, 5.41) is 13.2. The molecule has 0 aliphatic heterocycles. The van der Waals surface area contributed by atoms with E-state index >= 15 is 0 Å². The molecule has 4 rings (SSSR count). The molecular weight excluding hydrogens is 387 g/mol. The van der Waals surface area contributed by atoms with E-state index < -0.39 is 13.2 Å².